The Hall–Kier alpha value is -2.88. The zero-order valence-corrected chi connectivity index (χ0v) is 31.2. The summed E-state index contributed by atoms with van der Waals surface area (Å²) in [6.07, 6.45) is -3.99. The van der Waals surface area contributed by atoms with E-state index in [0.717, 1.165) is 6.92 Å². The molecule has 3 heterocycles. The third-order valence-corrected chi connectivity index (χ3v) is 10.7. The van der Waals surface area contributed by atoms with Crippen molar-refractivity contribution < 1.29 is 52.0 Å². The van der Waals surface area contributed by atoms with E-state index in [2.05, 4.69) is 10.0 Å². The lowest BCUT2D eigenvalue weighted by atomic mass is 9.78. The number of cyclic esters (lactones) is 1. The third kappa shape index (κ3) is 8.94. The van der Waals surface area contributed by atoms with Gasteiger partial charge in [-0.05, 0) is 79.4 Å². The van der Waals surface area contributed by atoms with Gasteiger partial charge in [0.15, 0.2) is 17.7 Å². The first-order valence-electron chi connectivity index (χ1n) is 17.4. The molecule has 3 aliphatic rings. The number of carbonyl (C=O) groups excluding carboxylic acids is 4. The summed E-state index contributed by atoms with van der Waals surface area (Å²) in [5, 5.41) is 3.53. The number of ketones is 2. The minimum Gasteiger partial charge on any atom is -0.455 e. The van der Waals surface area contributed by atoms with Gasteiger partial charge in [-0.3, -0.25) is 9.59 Å². The van der Waals surface area contributed by atoms with E-state index < -0.39 is 77.7 Å². The summed E-state index contributed by atoms with van der Waals surface area (Å²) < 4.78 is 52.5. The van der Waals surface area contributed by atoms with Gasteiger partial charge >= 0.3 is 12.1 Å². The van der Waals surface area contributed by atoms with Crippen LogP contribution in [0.15, 0.2) is 5.11 Å². The van der Waals surface area contributed by atoms with Crippen LogP contribution in [0.2, 0.25) is 0 Å². The van der Waals surface area contributed by atoms with Crippen molar-refractivity contribution in [2.24, 2.45) is 11.0 Å². The summed E-state index contributed by atoms with van der Waals surface area (Å²) in [4.78, 5) is 60.9. The number of nitrogens with zero attached hydrogens (tertiary/aromatic N) is 5. The number of alkyl halides is 1. The number of amides is 1. The van der Waals surface area contributed by atoms with Crippen molar-refractivity contribution in [2.75, 3.05) is 41.4 Å². The average molecular weight is 714 g/mol. The van der Waals surface area contributed by atoms with E-state index >= 15 is 4.39 Å². The van der Waals surface area contributed by atoms with E-state index in [9.17, 15) is 19.2 Å². The van der Waals surface area contributed by atoms with Crippen LogP contribution in [-0.2, 0) is 42.8 Å². The van der Waals surface area contributed by atoms with Crippen molar-refractivity contribution >= 4 is 23.6 Å². The van der Waals surface area contributed by atoms with E-state index in [-0.39, 0.29) is 50.3 Å². The summed E-state index contributed by atoms with van der Waals surface area (Å²) in [7, 11) is 6.76. The lowest BCUT2D eigenvalue weighted by Gasteiger charge is -2.46. The predicted molar refractivity (Wildman–Crippen MR) is 179 cm³/mol. The molecule has 11 atom stereocenters. The Morgan fingerprint density at radius 3 is 2.36 bits per heavy atom. The molecule has 284 valence electrons. The second kappa shape index (κ2) is 17.1. The number of ether oxygens (including phenoxy) is 6. The molecular formula is C34H56FN5O10. The molecule has 3 fully saturated rings. The fourth-order valence-corrected chi connectivity index (χ4v) is 7.35. The Bertz CT molecular complexity index is 1280. The van der Waals surface area contributed by atoms with E-state index in [4.69, 9.17) is 34.0 Å². The molecule has 0 aromatic heterocycles. The molecule has 3 aliphatic heterocycles. The quantitative estimate of drug-likeness (QED) is 0.0733. The molecular weight excluding hydrogens is 657 g/mol. The lowest BCUT2D eigenvalue weighted by Crippen LogP contribution is -2.59. The molecule has 0 radical (unpaired) electrons. The van der Waals surface area contributed by atoms with Crippen molar-refractivity contribution in [1.29, 1.82) is 0 Å². The molecule has 15 nitrogen and oxygen atoms in total. The molecule has 50 heavy (non-hydrogen) atoms. The standard InChI is InChI=1S/C34H56FN5O10/c1-11-26-34(6)24(40(31(44)50-34)15-13-12-14-37-38-36)17-23(41)20(2)19-32(4,46-10)27(18-25(42)33(5,35)30(43)49-26)48-29-28(45-9)22(39(7)8)16-21(3)47-29/h20-22,24,26-29H,11-19H2,1-10H3/t20-,21-,22?,24-,26-,27-,28-,29+,32-,33+,34+/m1/s1. The number of unbranched alkanes of at least 4 members (excludes halogenated alkanes) is 1. The smallest absolute Gasteiger partial charge is 0.410 e. The Labute approximate surface area is 294 Å². The predicted octanol–water partition coefficient (Wildman–Crippen LogP) is 4.54. The topological polar surface area (TPSA) is 179 Å². The summed E-state index contributed by atoms with van der Waals surface area (Å²) in [5.74, 6) is -3.48. The number of Topliss-reactive ketones (excluding diaryl/α,β-unsaturated/α-hetero) is 2. The SMILES string of the molecule is CC[C@H]1OC(=O)[C@@](C)(F)C(=O)C[C@@H](O[C@@H]2O[C@H](C)CC(N(C)C)[C@H]2OC)[C@](C)(OC)C[C@@H](C)C(=O)C[C@H]2N(CCCCN=[N+]=[N-])C(=O)O[C@]12C. The van der Waals surface area contributed by atoms with Crippen LogP contribution in [-0.4, -0.2) is 134 Å². The van der Waals surface area contributed by atoms with Gasteiger partial charge in [0.2, 0.25) is 0 Å². The van der Waals surface area contributed by atoms with Gasteiger partial charge in [0.1, 0.15) is 18.0 Å². The minimum absolute atomic E-state index is 0.0480. The number of methoxy groups -OCH3 is 2. The van der Waals surface area contributed by atoms with Crippen LogP contribution in [0, 0.1) is 5.92 Å². The zero-order valence-electron chi connectivity index (χ0n) is 31.2. The van der Waals surface area contributed by atoms with Crippen LogP contribution in [0.4, 0.5) is 9.18 Å². The number of fused-ring (bicyclic) bond motifs is 1. The number of azide groups is 1. The third-order valence-electron chi connectivity index (χ3n) is 10.7. The molecule has 16 heteroatoms. The fraction of sp³-hybridized carbons (Fsp3) is 0.882. The number of esters is 1. The molecule has 0 bridgehead atoms. The molecule has 3 saturated heterocycles. The van der Waals surface area contributed by atoms with E-state index in [1.807, 2.05) is 25.9 Å². The summed E-state index contributed by atoms with van der Waals surface area (Å²) in [6, 6.07) is -1.01. The van der Waals surface area contributed by atoms with Crippen molar-refractivity contribution in [1.82, 2.24) is 9.80 Å². The summed E-state index contributed by atoms with van der Waals surface area (Å²) in [6.45, 7) is 9.75. The van der Waals surface area contributed by atoms with Crippen LogP contribution < -0.4 is 0 Å². The van der Waals surface area contributed by atoms with Crippen LogP contribution in [0.3, 0.4) is 0 Å². The molecule has 0 spiro atoms. The first kappa shape index (κ1) is 41.5. The van der Waals surface area contributed by atoms with Gasteiger partial charge in [-0.2, -0.15) is 0 Å². The average Bonchev–Trinajstić information content (AvgIpc) is 3.30. The number of likely N-dealkylation sites (N-methyl/N-ethyl adjacent to an activating group) is 1. The van der Waals surface area contributed by atoms with E-state index in [1.54, 1.807) is 27.7 Å². The number of carbonyl (C=O) groups is 4. The van der Waals surface area contributed by atoms with Crippen molar-refractivity contribution in [3.63, 3.8) is 0 Å². The Kier molecular flexibility index (Phi) is 14.2. The Morgan fingerprint density at radius 2 is 1.78 bits per heavy atom. The maximum absolute atomic E-state index is 16.5. The molecule has 0 aliphatic carbocycles. The van der Waals surface area contributed by atoms with Crippen LogP contribution >= 0.6 is 0 Å². The second-order valence-corrected chi connectivity index (χ2v) is 14.6. The van der Waals surface area contributed by atoms with Crippen LogP contribution in [0.25, 0.3) is 10.4 Å². The highest BCUT2D eigenvalue weighted by molar-refractivity contribution is 6.07. The maximum atomic E-state index is 16.5. The number of halogens is 1. The highest BCUT2D eigenvalue weighted by Crippen LogP contribution is 2.41. The van der Waals surface area contributed by atoms with Gasteiger partial charge in [-0.1, -0.05) is 19.0 Å². The van der Waals surface area contributed by atoms with E-state index in [1.165, 1.54) is 19.1 Å². The number of hydrogen-bond donors (Lipinski definition) is 0. The number of rotatable bonds is 11. The van der Waals surface area contributed by atoms with Gasteiger partial charge in [0, 0.05) is 57.0 Å². The van der Waals surface area contributed by atoms with Gasteiger partial charge in [-0.15, -0.1) is 0 Å². The first-order valence-corrected chi connectivity index (χ1v) is 17.4. The van der Waals surface area contributed by atoms with Crippen LogP contribution in [0.1, 0.15) is 86.5 Å². The van der Waals surface area contributed by atoms with Gasteiger partial charge < -0.3 is 38.2 Å². The first-order chi connectivity index (χ1) is 23.4. The summed E-state index contributed by atoms with van der Waals surface area (Å²) in [5.41, 5.74) is 2.60. The molecule has 0 aromatic carbocycles. The van der Waals surface area contributed by atoms with Crippen molar-refractivity contribution in [3.05, 3.63) is 10.4 Å². The minimum atomic E-state index is -3.11. The molecule has 1 amide bonds. The Morgan fingerprint density at radius 1 is 1.10 bits per heavy atom. The normalized spacial score (nSPS) is 39.0. The zero-order chi connectivity index (χ0) is 37.6. The van der Waals surface area contributed by atoms with Gasteiger partial charge in [0.05, 0.1) is 23.9 Å². The van der Waals surface area contributed by atoms with Crippen molar-refractivity contribution in [3.8, 4) is 0 Å². The largest absolute Gasteiger partial charge is 0.455 e. The second-order valence-electron chi connectivity index (χ2n) is 14.6. The fourth-order valence-electron chi connectivity index (χ4n) is 7.35. The molecule has 0 N–H and O–H groups in total. The van der Waals surface area contributed by atoms with Gasteiger partial charge in [0.25, 0.3) is 5.67 Å². The van der Waals surface area contributed by atoms with Crippen LogP contribution in [0.5, 0.6) is 0 Å². The monoisotopic (exact) mass is 713 g/mol. The van der Waals surface area contributed by atoms with Crippen molar-refractivity contribution in [2.45, 2.75) is 146 Å². The van der Waals surface area contributed by atoms with E-state index in [0.29, 0.717) is 19.3 Å². The highest BCUT2D eigenvalue weighted by Gasteiger charge is 2.59. The highest BCUT2D eigenvalue weighted by atomic mass is 19.1. The summed E-state index contributed by atoms with van der Waals surface area (Å²) >= 11 is 0. The molecule has 1 unspecified atom stereocenters. The molecule has 0 aromatic rings. The molecule has 0 saturated carbocycles. The maximum Gasteiger partial charge on any atom is 0.410 e. The van der Waals surface area contributed by atoms with Gasteiger partial charge in [-0.25, -0.2) is 14.0 Å². The number of hydrogen-bond acceptors (Lipinski definition) is 12. The lowest BCUT2D eigenvalue weighted by molar-refractivity contribution is -0.293. The Balaban J connectivity index is 2.07. The molecule has 3 rings (SSSR count).